The topological polar surface area (TPSA) is 54.9 Å². The Morgan fingerprint density at radius 1 is 1.26 bits per heavy atom. The summed E-state index contributed by atoms with van der Waals surface area (Å²) in [6.45, 7) is 2.08. The van der Waals surface area contributed by atoms with E-state index in [1.54, 1.807) is 29.5 Å². The van der Waals surface area contributed by atoms with Gasteiger partial charge in [0.1, 0.15) is 21.5 Å². The first-order valence-electron chi connectivity index (χ1n) is 9.03. The van der Waals surface area contributed by atoms with E-state index in [9.17, 15) is 9.18 Å². The number of thiophene rings is 1. The van der Waals surface area contributed by atoms with Crippen molar-refractivity contribution in [2.75, 3.05) is 5.75 Å². The van der Waals surface area contributed by atoms with Gasteiger partial charge in [-0.2, -0.15) is 0 Å². The number of hydrogen-bond acceptors (Lipinski definition) is 5. The van der Waals surface area contributed by atoms with E-state index in [1.807, 2.05) is 6.92 Å². The number of halogens is 1. The van der Waals surface area contributed by atoms with Gasteiger partial charge in [-0.25, -0.2) is 14.4 Å². The van der Waals surface area contributed by atoms with Crippen molar-refractivity contribution < 1.29 is 9.18 Å². The largest absolute Gasteiger partial charge is 0.351 e. The molecular formula is C20H20FN3OS2. The van der Waals surface area contributed by atoms with Crippen molar-refractivity contribution in [2.45, 2.75) is 44.2 Å². The third kappa shape index (κ3) is 3.99. The highest BCUT2D eigenvalue weighted by Crippen LogP contribution is 2.39. The van der Waals surface area contributed by atoms with Crippen LogP contribution in [0.2, 0.25) is 0 Å². The molecule has 1 aromatic carbocycles. The number of amides is 1. The quantitative estimate of drug-likeness (QED) is 0.508. The molecule has 0 fully saturated rings. The second-order valence-electron chi connectivity index (χ2n) is 6.62. The van der Waals surface area contributed by atoms with Crippen molar-refractivity contribution >= 4 is 39.2 Å². The van der Waals surface area contributed by atoms with Crippen LogP contribution >= 0.6 is 23.1 Å². The first-order chi connectivity index (χ1) is 13.1. The molecule has 0 unspecified atom stereocenters. The molecule has 0 saturated heterocycles. The van der Waals surface area contributed by atoms with Gasteiger partial charge < -0.3 is 5.32 Å². The molecule has 4 nitrogen and oxygen atoms in total. The zero-order valence-corrected chi connectivity index (χ0v) is 16.7. The molecule has 4 rings (SSSR count). The normalized spacial score (nSPS) is 13.6. The van der Waals surface area contributed by atoms with Crippen LogP contribution in [-0.2, 0) is 24.2 Å². The minimum absolute atomic E-state index is 0.128. The second-order valence-corrected chi connectivity index (χ2v) is 8.67. The number of carbonyl (C=O) groups is 1. The Kier molecular flexibility index (Phi) is 5.41. The molecule has 1 N–H and O–H groups in total. The third-order valence-corrected chi connectivity index (χ3v) is 6.83. The van der Waals surface area contributed by atoms with Gasteiger partial charge in [0.2, 0.25) is 5.91 Å². The smallest absolute Gasteiger partial charge is 0.230 e. The highest BCUT2D eigenvalue weighted by Gasteiger charge is 2.21. The number of aryl methyl sites for hydroxylation is 3. The van der Waals surface area contributed by atoms with E-state index < -0.39 is 0 Å². The van der Waals surface area contributed by atoms with Crippen LogP contribution in [0.25, 0.3) is 10.2 Å². The predicted molar refractivity (Wildman–Crippen MR) is 108 cm³/mol. The first-order valence-corrected chi connectivity index (χ1v) is 10.8. The zero-order valence-electron chi connectivity index (χ0n) is 15.0. The lowest BCUT2D eigenvalue weighted by Gasteiger charge is -2.12. The fourth-order valence-corrected chi connectivity index (χ4v) is 5.65. The molecule has 0 atom stereocenters. The fraction of sp³-hybridized carbons (Fsp3) is 0.350. The van der Waals surface area contributed by atoms with Crippen LogP contribution in [0.1, 0.15) is 34.7 Å². The molecule has 3 aromatic rings. The van der Waals surface area contributed by atoms with Crippen LogP contribution in [0.3, 0.4) is 0 Å². The van der Waals surface area contributed by atoms with Crippen molar-refractivity contribution in [2.24, 2.45) is 0 Å². The van der Waals surface area contributed by atoms with Crippen LogP contribution in [0.5, 0.6) is 0 Å². The molecule has 1 aliphatic carbocycles. The van der Waals surface area contributed by atoms with E-state index in [4.69, 9.17) is 0 Å². The molecule has 1 amide bonds. The Balaban J connectivity index is 1.48. The summed E-state index contributed by atoms with van der Waals surface area (Å²) in [5.41, 5.74) is 1.86. The van der Waals surface area contributed by atoms with Gasteiger partial charge in [0.15, 0.2) is 0 Å². The number of nitrogens with zero attached hydrogens (tertiary/aromatic N) is 2. The molecule has 2 aromatic heterocycles. The van der Waals surface area contributed by atoms with Gasteiger partial charge in [0.05, 0.1) is 5.75 Å². The zero-order chi connectivity index (χ0) is 18.8. The number of aromatic nitrogens is 2. The molecule has 0 aliphatic heterocycles. The summed E-state index contributed by atoms with van der Waals surface area (Å²) in [6, 6.07) is 6.48. The highest BCUT2D eigenvalue weighted by molar-refractivity contribution is 8.00. The van der Waals surface area contributed by atoms with Gasteiger partial charge in [-0.05, 0) is 44.2 Å². The number of carbonyl (C=O) groups excluding carboxylic acids is 1. The van der Waals surface area contributed by atoms with Crippen LogP contribution in [0.4, 0.5) is 4.39 Å². The van der Waals surface area contributed by atoms with Gasteiger partial charge in [-0.3, -0.25) is 4.79 Å². The number of thioether (sulfide) groups is 1. The Bertz CT molecular complexity index is 1000. The summed E-state index contributed by atoms with van der Waals surface area (Å²) < 4.78 is 13.7. The van der Waals surface area contributed by atoms with Crippen molar-refractivity contribution in [3.63, 3.8) is 0 Å². The van der Waals surface area contributed by atoms with Gasteiger partial charge in [-0.1, -0.05) is 30.0 Å². The monoisotopic (exact) mass is 401 g/mol. The molecule has 140 valence electrons. The van der Waals surface area contributed by atoms with E-state index in [0.717, 1.165) is 33.9 Å². The first kappa shape index (κ1) is 18.4. The molecular weight excluding hydrogens is 381 g/mol. The average molecular weight is 402 g/mol. The summed E-state index contributed by atoms with van der Waals surface area (Å²) in [5.74, 6) is 0.556. The van der Waals surface area contributed by atoms with Gasteiger partial charge in [0, 0.05) is 22.4 Å². The number of benzene rings is 1. The van der Waals surface area contributed by atoms with Crippen molar-refractivity contribution in [3.05, 3.63) is 51.9 Å². The van der Waals surface area contributed by atoms with Gasteiger partial charge in [-0.15, -0.1) is 11.3 Å². The lowest BCUT2D eigenvalue weighted by molar-refractivity contribution is -0.118. The molecule has 7 heteroatoms. The Morgan fingerprint density at radius 3 is 2.93 bits per heavy atom. The Labute approximate surface area is 165 Å². The SMILES string of the molecule is Cc1nc(SCC(=O)NCc2ccccc2F)c2c3c(sc2n1)CCCC3. The summed E-state index contributed by atoms with van der Waals surface area (Å²) >= 11 is 3.20. The molecule has 0 bridgehead atoms. The molecule has 2 heterocycles. The van der Waals surface area contributed by atoms with E-state index in [0.29, 0.717) is 5.56 Å². The Morgan fingerprint density at radius 2 is 2.07 bits per heavy atom. The average Bonchev–Trinajstić information content (AvgIpc) is 3.03. The highest BCUT2D eigenvalue weighted by atomic mass is 32.2. The van der Waals surface area contributed by atoms with Gasteiger partial charge >= 0.3 is 0 Å². The number of hydrogen-bond donors (Lipinski definition) is 1. The van der Waals surface area contributed by atoms with E-state index in [2.05, 4.69) is 15.3 Å². The maximum atomic E-state index is 13.7. The van der Waals surface area contributed by atoms with E-state index in [-0.39, 0.29) is 24.0 Å². The van der Waals surface area contributed by atoms with Crippen molar-refractivity contribution in [3.8, 4) is 0 Å². The predicted octanol–water partition coefficient (Wildman–Crippen LogP) is 4.43. The standard InChI is InChI=1S/C20H20FN3OS2/c1-12-23-19(18-14-7-3-5-9-16(14)27-20(18)24-12)26-11-17(25)22-10-13-6-2-4-8-15(13)21/h2,4,6,8H,3,5,7,9-11H2,1H3,(H,22,25). The summed E-state index contributed by atoms with van der Waals surface area (Å²) in [4.78, 5) is 23.9. The minimum atomic E-state index is -0.302. The van der Waals surface area contributed by atoms with Crippen LogP contribution in [0.15, 0.2) is 29.3 Å². The minimum Gasteiger partial charge on any atom is -0.351 e. The Hall–Kier alpha value is -1.99. The number of nitrogens with one attached hydrogen (secondary N) is 1. The van der Waals surface area contributed by atoms with E-state index in [1.165, 1.54) is 41.1 Å². The van der Waals surface area contributed by atoms with Crippen LogP contribution < -0.4 is 5.32 Å². The van der Waals surface area contributed by atoms with Crippen molar-refractivity contribution in [1.82, 2.24) is 15.3 Å². The molecule has 1 aliphatic rings. The lowest BCUT2D eigenvalue weighted by Crippen LogP contribution is -2.25. The van der Waals surface area contributed by atoms with Crippen molar-refractivity contribution in [1.29, 1.82) is 0 Å². The maximum absolute atomic E-state index is 13.7. The summed E-state index contributed by atoms with van der Waals surface area (Å²) in [6.07, 6.45) is 4.60. The third-order valence-electron chi connectivity index (χ3n) is 4.67. The molecule has 0 saturated carbocycles. The molecule has 0 spiro atoms. The van der Waals surface area contributed by atoms with E-state index >= 15 is 0 Å². The lowest BCUT2D eigenvalue weighted by atomic mass is 9.97. The summed E-state index contributed by atoms with van der Waals surface area (Å²) in [5, 5.41) is 4.81. The maximum Gasteiger partial charge on any atom is 0.230 e. The molecule has 27 heavy (non-hydrogen) atoms. The fourth-order valence-electron chi connectivity index (χ4n) is 3.35. The molecule has 0 radical (unpaired) electrons. The summed E-state index contributed by atoms with van der Waals surface area (Å²) in [7, 11) is 0. The van der Waals surface area contributed by atoms with Crippen LogP contribution in [-0.4, -0.2) is 21.6 Å². The number of fused-ring (bicyclic) bond motifs is 3. The number of rotatable bonds is 5. The van der Waals surface area contributed by atoms with Crippen LogP contribution in [0, 0.1) is 12.7 Å². The second kappa shape index (κ2) is 7.94. The van der Waals surface area contributed by atoms with Gasteiger partial charge in [0.25, 0.3) is 0 Å².